The molecule has 128 valence electrons. The van der Waals surface area contributed by atoms with Crippen LogP contribution in [-0.2, 0) is 13.0 Å². The second-order valence-corrected chi connectivity index (χ2v) is 6.49. The Morgan fingerprint density at radius 3 is 1.58 bits per heavy atom. The number of nitrogens with zero attached hydrogens (tertiary/aromatic N) is 1. The van der Waals surface area contributed by atoms with E-state index in [1.165, 1.54) is 10.5 Å². The van der Waals surface area contributed by atoms with E-state index in [2.05, 4.69) is 31.2 Å². The molecule has 0 radical (unpaired) electrons. The fourth-order valence-corrected chi connectivity index (χ4v) is 3.30. The summed E-state index contributed by atoms with van der Waals surface area (Å²) in [6.07, 6.45) is 1.03. The van der Waals surface area contributed by atoms with Gasteiger partial charge in [-0.25, -0.2) is 0 Å². The van der Waals surface area contributed by atoms with E-state index in [1.54, 1.807) is 24.3 Å². The number of hydrogen-bond donors (Lipinski definition) is 0. The summed E-state index contributed by atoms with van der Waals surface area (Å²) in [5.41, 5.74) is 5.52. The predicted octanol–water partition coefficient (Wildman–Crippen LogP) is 4.71. The maximum absolute atomic E-state index is 12.5. The summed E-state index contributed by atoms with van der Waals surface area (Å²) in [6.45, 7) is 2.43. The topological polar surface area (TPSA) is 37.4 Å². The smallest absolute Gasteiger partial charge is 0.261 e. The van der Waals surface area contributed by atoms with Crippen LogP contribution in [0.3, 0.4) is 0 Å². The number of carbonyl (C=O) groups excluding carboxylic acids is 2. The molecular formula is C23H19NO2. The Kier molecular flexibility index (Phi) is 4.13. The fourth-order valence-electron chi connectivity index (χ4n) is 3.30. The van der Waals surface area contributed by atoms with Crippen molar-refractivity contribution in [1.29, 1.82) is 0 Å². The van der Waals surface area contributed by atoms with Gasteiger partial charge in [0.15, 0.2) is 0 Å². The minimum atomic E-state index is -0.218. The Morgan fingerprint density at radius 1 is 0.654 bits per heavy atom. The molecule has 0 spiro atoms. The normalized spacial score (nSPS) is 13.2. The van der Waals surface area contributed by atoms with Crippen molar-refractivity contribution in [2.24, 2.45) is 0 Å². The minimum absolute atomic E-state index is 0.218. The van der Waals surface area contributed by atoms with Crippen LogP contribution in [0.5, 0.6) is 0 Å². The van der Waals surface area contributed by atoms with Crippen LogP contribution in [-0.4, -0.2) is 16.7 Å². The molecular weight excluding hydrogens is 322 g/mol. The van der Waals surface area contributed by atoms with Crippen molar-refractivity contribution in [2.45, 2.75) is 19.9 Å². The largest absolute Gasteiger partial charge is 0.270 e. The molecule has 0 bridgehead atoms. The summed E-state index contributed by atoms with van der Waals surface area (Å²) in [4.78, 5) is 26.2. The molecule has 26 heavy (non-hydrogen) atoms. The van der Waals surface area contributed by atoms with Crippen LogP contribution in [0.4, 0.5) is 0 Å². The lowest BCUT2D eigenvalue weighted by Gasteiger charge is -2.14. The molecule has 0 aromatic heterocycles. The zero-order valence-corrected chi connectivity index (χ0v) is 14.6. The van der Waals surface area contributed by atoms with Crippen molar-refractivity contribution < 1.29 is 9.59 Å². The standard InChI is InChI=1S/C23H19NO2/c1-2-16-7-11-18(12-8-16)19-13-9-17(10-14-19)15-24-22(25)20-5-3-4-6-21(20)23(24)26/h3-14H,2,15H2,1H3. The molecule has 0 saturated heterocycles. The van der Waals surface area contributed by atoms with E-state index in [-0.39, 0.29) is 11.8 Å². The second kappa shape index (κ2) is 6.60. The molecule has 0 aliphatic carbocycles. The molecule has 3 aromatic rings. The van der Waals surface area contributed by atoms with E-state index in [0.29, 0.717) is 17.7 Å². The number of rotatable bonds is 4. The van der Waals surface area contributed by atoms with Gasteiger partial charge in [-0.05, 0) is 40.8 Å². The van der Waals surface area contributed by atoms with Crippen LogP contribution in [0, 0.1) is 0 Å². The van der Waals surface area contributed by atoms with Gasteiger partial charge in [0, 0.05) is 0 Å². The Morgan fingerprint density at radius 2 is 1.12 bits per heavy atom. The molecule has 1 heterocycles. The van der Waals surface area contributed by atoms with Crippen molar-refractivity contribution in [1.82, 2.24) is 4.90 Å². The Labute approximate surface area is 152 Å². The van der Waals surface area contributed by atoms with Crippen LogP contribution < -0.4 is 0 Å². The van der Waals surface area contributed by atoms with Gasteiger partial charge in [-0.15, -0.1) is 0 Å². The molecule has 3 heteroatoms. The van der Waals surface area contributed by atoms with E-state index in [1.807, 2.05) is 24.3 Å². The first-order valence-electron chi connectivity index (χ1n) is 8.81. The maximum atomic E-state index is 12.5. The Balaban J connectivity index is 1.53. The highest BCUT2D eigenvalue weighted by Crippen LogP contribution is 2.25. The van der Waals surface area contributed by atoms with Crippen LogP contribution in [0.25, 0.3) is 11.1 Å². The molecule has 1 aliphatic rings. The number of amides is 2. The SMILES string of the molecule is CCc1ccc(-c2ccc(CN3C(=O)c4ccccc4C3=O)cc2)cc1. The van der Waals surface area contributed by atoms with E-state index >= 15 is 0 Å². The lowest BCUT2D eigenvalue weighted by molar-refractivity contribution is 0.0642. The van der Waals surface area contributed by atoms with Gasteiger partial charge < -0.3 is 0 Å². The van der Waals surface area contributed by atoms with E-state index in [4.69, 9.17) is 0 Å². The van der Waals surface area contributed by atoms with Gasteiger partial charge in [0.05, 0.1) is 17.7 Å². The van der Waals surface area contributed by atoms with E-state index in [9.17, 15) is 9.59 Å². The summed E-state index contributed by atoms with van der Waals surface area (Å²) in [7, 11) is 0. The molecule has 0 unspecified atom stereocenters. The number of imide groups is 1. The van der Waals surface area contributed by atoms with E-state index in [0.717, 1.165) is 23.1 Å². The highest BCUT2D eigenvalue weighted by molar-refractivity contribution is 6.21. The van der Waals surface area contributed by atoms with Gasteiger partial charge in [-0.1, -0.05) is 67.6 Å². The first kappa shape index (κ1) is 16.3. The van der Waals surface area contributed by atoms with Gasteiger partial charge in [0.2, 0.25) is 0 Å². The number of benzene rings is 3. The third-order valence-corrected chi connectivity index (χ3v) is 4.87. The average molecular weight is 341 g/mol. The lowest BCUT2D eigenvalue weighted by Crippen LogP contribution is -2.29. The van der Waals surface area contributed by atoms with Crippen LogP contribution >= 0.6 is 0 Å². The van der Waals surface area contributed by atoms with Crippen molar-refractivity contribution >= 4 is 11.8 Å². The zero-order valence-electron chi connectivity index (χ0n) is 14.6. The molecule has 0 atom stereocenters. The first-order valence-corrected chi connectivity index (χ1v) is 8.81. The van der Waals surface area contributed by atoms with Crippen molar-refractivity contribution in [3.8, 4) is 11.1 Å². The Bertz CT molecular complexity index is 937. The van der Waals surface area contributed by atoms with Gasteiger partial charge in [0.1, 0.15) is 0 Å². The summed E-state index contributed by atoms with van der Waals surface area (Å²) >= 11 is 0. The fraction of sp³-hybridized carbons (Fsp3) is 0.130. The molecule has 4 rings (SSSR count). The third-order valence-electron chi connectivity index (χ3n) is 4.87. The van der Waals surface area contributed by atoms with Crippen LogP contribution in [0.1, 0.15) is 38.8 Å². The number of carbonyl (C=O) groups is 2. The highest BCUT2D eigenvalue weighted by Gasteiger charge is 2.34. The van der Waals surface area contributed by atoms with Crippen LogP contribution in [0.15, 0.2) is 72.8 Å². The summed E-state index contributed by atoms with van der Waals surface area (Å²) in [6, 6.07) is 23.5. The first-order chi connectivity index (χ1) is 12.7. The highest BCUT2D eigenvalue weighted by atomic mass is 16.2. The summed E-state index contributed by atoms with van der Waals surface area (Å²) < 4.78 is 0. The molecule has 0 saturated carbocycles. The third kappa shape index (κ3) is 2.82. The molecule has 3 aromatic carbocycles. The van der Waals surface area contributed by atoms with Crippen molar-refractivity contribution in [3.63, 3.8) is 0 Å². The molecule has 0 N–H and O–H groups in total. The monoisotopic (exact) mass is 341 g/mol. The molecule has 1 aliphatic heterocycles. The Hall–Kier alpha value is -3.20. The van der Waals surface area contributed by atoms with Gasteiger partial charge in [-0.2, -0.15) is 0 Å². The quantitative estimate of drug-likeness (QED) is 0.644. The van der Waals surface area contributed by atoms with Gasteiger partial charge >= 0.3 is 0 Å². The molecule has 2 amide bonds. The second-order valence-electron chi connectivity index (χ2n) is 6.49. The average Bonchev–Trinajstić information content (AvgIpc) is 2.94. The number of aryl methyl sites for hydroxylation is 1. The predicted molar refractivity (Wildman–Crippen MR) is 102 cm³/mol. The number of fused-ring (bicyclic) bond motifs is 1. The minimum Gasteiger partial charge on any atom is -0.270 e. The zero-order chi connectivity index (χ0) is 18.1. The van der Waals surface area contributed by atoms with E-state index < -0.39 is 0 Å². The maximum Gasteiger partial charge on any atom is 0.261 e. The van der Waals surface area contributed by atoms with Crippen molar-refractivity contribution in [3.05, 3.63) is 95.1 Å². The number of hydrogen-bond acceptors (Lipinski definition) is 2. The molecule has 3 nitrogen and oxygen atoms in total. The van der Waals surface area contributed by atoms with Crippen molar-refractivity contribution in [2.75, 3.05) is 0 Å². The van der Waals surface area contributed by atoms with Gasteiger partial charge in [0.25, 0.3) is 11.8 Å². The lowest BCUT2D eigenvalue weighted by atomic mass is 10.0. The summed E-state index contributed by atoms with van der Waals surface area (Å²) in [5.74, 6) is -0.435. The molecule has 0 fully saturated rings. The summed E-state index contributed by atoms with van der Waals surface area (Å²) in [5, 5.41) is 0. The van der Waals surface area contributed by atoms with Gasteiger partial charge in [-0.3, -0.25) is 14.5 Å². The van der Waals surface area contributed by atoms with Crippen LogP contribution in [0.2, 0.25) is 0 Å².